The Kier molecular flexibility index (Phi) is 50.8. The molecule has 372 valence electrons. The first kappa shape index (κ1) is 61.4. The zero-order valence-corrected chi connectivity index (χ0v) is 42.6. The molecule has 0 heterocycles. The maximum atomic E-state index is 12.8. The third kappa shape index (κ3) is 50.4. The van der Waals surface area contributed by atoms with Gasteiger partial charge in [-0.15, -0.1) is 0 Å². The van der Waals surface area contributed by atoms with Crippen LogP contribution in [-0.2, 0) is 28.6 Å². The quantitative estimate of drug-likeness (QED) is 0.0199. The molecule has 0 aliphatic rings. The van der Waals surface area contributed by atoms with Gasteiger partial charge < -0.3 is 14.2 Å². The van der Waals surface area contributed by atoms with Crippen molar-refractivity contribution in [2.45, 2.75) is 290 Å². The monoisotopic (exact) mass is 897 g/mol. The smallest absolute Gasteiger partial charge is 0.306 e. The summed E-state index contributed by atoms with van der Waals surface area (Å²) in [6.45, 7) is 6.62. The van der Waals surface area contributed by atoms with Crippen molar-refractivity contribution >= 4 is 17.9 Å². The van der Waals surface area contributed by atoms with Gasteiger partial charge in [-0.1, -0.05) is 243 Å². The van der Waals surface area contributed by atoms with Crippen LogP contribution in [0.2, 0.25) is 0 Å². The number of esters is 3. The summed E-state index contributed by atoms with van der Waals surface area (Å²) < 4.78 is 16.8. The minimum atomic E-state index is -0.783. The van der Waals surface area contributed by atoms with Crippen molar-refractivity contribution in [3.05, 3.63) is 48.6 Å². The molecule has 0 saturated heterocycles. The molecular formula is C58H104O6. The topological polar surface area (TPSA) is 78.9 Å². The molecule has 0 aliphatic carbocycles. The fourth-order valence-corrected chi connectivity index (χ4v) is 7.91. The summed E-state index contributed by atoms with van der Waals surface area (Å²) in [4.78, 5) is 38.0. The van der Waals surface area contributed by atoms with E-state index in [0.29, 0.717) is 19.3 Å². The standard InChI is InChI=1S/C58H104O6/c1-4-7-10-13-16-19-22-25-27-29-30-32-33-36-39-42-45-48-51-57(60)63-54-55(53-62-56(59)50-47-44-41-38-35-24-21-18-15-12-9-6-3)64-58(61)52-49-46-43-40-37-34-31-28-26-23-20-17-14-11-8-5-2/h22,25,27-32,55H,4-21,23-24,26,33-54H2,1-3H3/b25-22-,29-27-,31-28-,32-30-. The molecule has 6 heteroatoms. The molecule has 6 nitrogen and oxygen atoms in total. The van der Waals surface area contributed by atoms with E-state index >= 15 is 0 Å². The zero-order chi connectivity index (χ0) is 46.5. The van der Waals surface area contributed by atoms with Crippen LogP contribution in [0.5, 0.6) is 0 Å². The second-order valence-corrected chi connectivity index (χ2v) is 18.6. The molecule has 0 rings (SSSR count). The Balaban J connectivity index is 4.40. The fourth-order valence-electron chi connectivity index (χ4n) is 7.91. The van der Waals surface area contributed by atoms with Crippen molar-refractivity contribution in [1.29, 1.82) is 0 Å². The molecule has 1 unspecified atom stereocenters. The molecule has 0 aromatic rings. The van der Waals surface area contributed by atoms with Crippen molar-refractivity contribution in [2.75, 3.05) is 13.2 Å². The Morgan fingerprint density at radius 3 is 0.906 bits per heavy atom. The highest BCUT2D eigenvalue weighted by molar-refractivity contribution is 5.71. The van der Waals surface area contributed by atoms with Gasteiger partial charge in [0.25, 0.3) is 0 Å². The highest BCUT2D eigenvalue weighted by Crippen LogP contribution is 2.15. The second kappa shape index (κ2) is 53.0. The van der Waals surface area contributed by atoms with Gasteiger partial charge in [-0.3, -0.25) is 14.4 Å². The first-order chi connectivity index (χ1) is 31.5. The third-order valence-corrected chi connectivity index (χ3v) is 12.1. The van der Waals surface area contributed by atoms with Crippen LogP contribution < -0.4 is 0 Å². The number of carbonyl (C=O) groups is 3. The Hall–Kier alpha value is -2.63. The number of unbranched alkanes of at least 4 members (excludes halogenated alkanes) is 33. The number of rotatable bonds is 50. The molecule has 64 heavy (non-hydrogen) atoms. The normalized spacial score (nSPS) is 12.4. The average molecular weight is 897 g/mol. The van der Waals surface area contributed by atoms with Crippen LogP contribution in [-0.4, -0.2) is 37.2 Å². The molecular weight excluding hydrogens is 793 g/mol. The van der Waals surface area contributed by atoms with Gasteiger partial charge in [0.1, 0.15) is 13.2 Å². The van der Waals surface area contributed by atoms with Gasteiger partial charge in [-0.05, 0) is 70.6 Å². The molecule has 0 N–H and O–H groups in total. The molecule has 0 aliphatic heterocycles. The summed E-state index contributed by atoms with van der Waals surface area (Å²) in [5, 5.41) is 0. The third-order valence-electron chi connectivity index (χ3n) is 12.1. The highest BCUT2D eigenvalue weighted by Gasteiger charge is 2.19. The van der Waals surface area contributed by atoms with Crippen LogP contribution in [0.15, 0.2) is 48.6 Å². The van der Waals surface area contributed by atoms with E-state index in [9.17, 15) is 14.4 Å². The van der Waals surface area contributed by atoms with Crippen LogP contribution in [0, 0.1) is 0 Å². The molecule has 0 radical (unpaired) electrons. The highest BCUT2D eigenvalue weighted by atomic mass is 16.6. The first-order valence-electron chi connectivity index (χ1n) is 27.7. The number of hydrogen-bond donors (Lipinski definition) is 0. The largest absolute Gasteiger partial charge is 0.462 e. The van der Waals surface area contributed by atoms with Crippen molar-refractivity contribution in [1.82, 2.24) is 0 Å². The number of carbonyl (C=O) groups excluding carboxylic acids is 3. The van der Waals surface area contributed by atoms with E-state index in [1.807, 2.05) is 0 Å². The second-order valence-electron chi connectivity index (χ2n) is 18.6. The van der Waals surface area contributed by atoms with Crippen molar-refractivity contribution in [3.63, 3.8) is 0 Å². The Morgan fingerprint density at radius 2 is 0.578 bits per heavy atom. The van der Waals surface area contributed by atoms with Gasteiger partial charge in [0, 0.05) is 19.3 Å². The lowest BCUT2D eigenvalue weighted by molar-refractivity contribution is -0.167. The van der Waals surface area contributed by atoms with Crippen molar-refractivity contribution in [3.8, 4) is 0 Å². The summed E-state index contributed by atoms with van der Waals surface area (Å²) in [5.74, 6) is -0.899. The van der Waals surface area contributed by atoms with Crippen LogP contribution >= 0.6 is 0 Å². The Labute approximate surface area is 397 Å². The molecule has 1 atom stereocenters. The van der Waals surface area contributed by atoms with Crippen molar-refractivity contribution < 1.29 is 28.6 Å². The molecule has 0 saturated carbocycles. The summed E-state index contributed by atoms with van der Waals surface area (Å²) in [6, 6.07) is 0. The van der Waals surface area contributed by atoms with E-state index in [1.165, 1.54) is 154 Å². The maximum Gasteiger partial charge on any atom is 0.306 e. The Morgan fingerprint density at radius 1 is 0.312 bits per heavy atom. The first-order valence-corrected chi connectivity index (χ1v) is 27.7. The maximum absolute atomic E-state index is 12.8. The SMILES string of the molecule is CCCCCCC\C=C/C=C\C=C/CCCCCCCC(=O)OCC(COC(=O)CCCCCCCCCCCCCC)OC(=O)CCCCCCC/C=C\CCCCCCCCC. The van der Waals surface area contributed by atoms with Crippen LogP contribution in [0.25, 0.3) is 0 Å². The van der Waals surface area contributed by atoms with Crippen LogP contribution in [0.3, 0.4) is 0 Å². The number of hydrogen-bond acceptors (Lipinski definition) is 6. The number of allylic oxidation sites excluding steroid dienone is 8. The lowest BCUT2D eigenvalue weighted by Gasteiger charge is -2.18. The van der Waals surface area contributed by atoms with E-state index in [2.05, 4.69) is 69.4 Å². The van der Waals surface area contributed by atoms with Gasteiger partial charge in [-0.2, -0.15) is 0 Å². The summed E-state index contributed by atoms with van der Waals surface area (Å²) >= 11 is 0. The van der Waals surface area contributed by atoms with E-state index in [-0.39, 0.29) is 31.1 Å². The fraction of sp³-hybridized carbons (Fsp3) is 0.810. The van der Waals surface area contributed by atoms with E-state index in [4.69, 9.17) is 14.2 Å². The van der Waals surface area contributed by atoms with E-state index < -0.39 is 6.10 Å². The van der Waals surface area contributed by atoms with Crippen LogP contribution in [0.4, 0.5) is 0 Å². The summed E-state index contributed by atoms with van der Waals surface area (Å²) in [7, 11) is 0. The van der Waals surface area contributed by atoms with Gasteiger partial charge >= 0.3 is 17.9 Å². The lowest BCUT2D eigenvalue weighted by atomic mass is 10.0. The predicted octanol–water partition coefficient (Wildman–Crippen LogP) is 18.3. The summed E-state index contributed by atoms with van der Waals surface area (Å²) in [5.41, 5.74) is 0. The van der Waals surface area contributed by atoms with Crippen LogP contribution in [0.1, 0.15) is 284 Å². The minimum Gasteiger partial charge on any atom is -0.462 e. The molecule has 0 bridgehead atoms. The van der Waals surface area contributed by atoms with Gasteiger partial charge in [0.05, 0.1) is 0 Å². The molecule has 0 amide bonds. The molecule has 0 aromatic carbocycles. The predicted molar refractivity (Wildman–Crippen MR) is 275 cm³/mol. The van der Waals surface area contributed by atoms with Crippen molar-refractivity contribution in [2.24, 2.45) is 0 Å². The molecule has 0 fully saturated rings. The van der Waals surface area contributed by atoms with Gasteiger partial charge in [0.15, 0.2) is 6.10 Å². The Bertz CT molecular complexity index is 1120. The minimum absolute atomic E-state index is 0.0806. The van der Waals surface area contributed by atoms with Gasteiger partial charge in [-0.25, -0.2) is 0 Å². The summed E-state index contributed by atoms with van der Waals surface area (Å²) in [6.07, 6.45) is 63.8. The molecule has 0 spiro atoms. The molecule has 0 aromatic heterocycles. The average Bonchev–Trinajstić information content (AvgIpc) is 3.29. The zero-order valence-electron chi connectivity index (χ0n) is 42.6. The van der Waals surface area contributed by atoms with E-state index in [0.717, 1.165) is 89.9 Å². The lowest BCUT2D eigenvalue weighted by Crippen LogP contribution is -2.30. The number of ether oxygens (including phenoxy) is 3. The van der Waals surface area contributed by atoms with E-state index in [1.54, 1.807) is 0 Å². The van der Waals surface area contributed by atoms with Gasteiger partial charge in [0.2, 0.25) is 0 Å².